The number of carbonyl (C=O) groups is 1. The Hall–Kier alpha value is -1.68. The maximum atomic E-state index is 12.1. The van der Waals surface area contributed by atoms with Crippen LogP contribution in [0.1, 0.15) is 10.4 Å². The van der Waals surface area contributed by atoms with E-state index in [1.165, 1.54) is 0 Å². The van der Waals surface area contributed by atoms with Gasteiger partial charge in [-0.3, -0.25) is 0 Å². The number of aliphatic hydroxyl groups is 1. The number of hydrogen-bond acceptors (Lipinski definition) is 6. The predicted molar refractivity (Wildman–Crippen MR) is 68.1 cm³/mol. The van der Waals surface area contributed by atoms with E-state index in [1.54, 1.807) is 0 Å². The molecule has 0 aliphatic carbocycles. The van der Waals surface area contributed by atoms with E-state index in [9.17, 15) is 23.4 Å². The topological polar surface area (TPSA) is 136 Å². The number of benzene rings is 1. The van der Waals surface area contributed by atoms with Gasteiger partial charge in [0, 0.05) is 13.1 Å². The van der Waals surface area contributed by atoms with Crippen LogP contribution in [-0.2, 0) is 10.0 Å². The van der Waals surface area contributed by atoms with E-state index in [2.05, 4.69) is 10.0 Å². The first-order valence-corrected chi connectivity index (χ1v) is 7.27. The molecule has 110 valence electrons. The van der Waals surface area contributed by atoms with Gasteiger partial charge < -0.3 is 20.6 Å². The van der Waals surface area contributed by atoms with E-state index >= 15 is 0 Å². The molecule has 1 aromatic carbocycles. The summed E-state index contributed by atoms with van der Waals surface area (Å²) in [4.78, 5) is 10.6. The highest BCUT2D eigenvalue weighted by Crippen LogP contribution is 2.21. The van der Waals surface area contributed by atoms with Crippen LogP contribution in [0.2, 0.25) is 0 Å². The molecule has 2 rings (SSSR count). The largest absolute Gasteiger partial charge is 0.507 e. The van der Waals surface area contributed by atoms with E-state index in [0.717, 1.165) is 18.2 Å². The van der Waals surface area contributed by atoms with Crippen LogP contribution in [0.25, 0.3) is 0 Å². The van der Waals surface area contributed by atoms with Crippen molar-refractivity contribution in [3.8, 4) is 5.75 Å². The minimum atomic E-state index is -3.97. The highest BCUT2D eigenvalue weighted by molar-refractivity contribution is 7.89. The maximum absolute atomic E-state index is 12.1. The van der Waals surface area contributed by atoms with Gasteiger partial charge in [0.25, 0.3) is 0 Å². The van der Waals surface area contributed by atoms with Crippen molar-refractivity contribution in [3.05, 3.63) is 23.8 Å². The lowest BCUT2D eigenvalue weighted by Gasteiger charge is -2.16. The Labute approximate surface area is 115 Å². The number of phenols is 1. The molecule has 5 N–H and O–H groups in total. The highest BCUT2D eigenvalue weighted by atomic mass is 32.2. The first-order chi connectivity index (χ1) is 9.31. The zero-order chi connectivity index (χ0) is 14.9. The number of nitrogens with one attached hydrogen (secondary N) is 2. The van der Waals surface area contributed by atoms with Crippen molar-refractivity contribution in [1.82, 2.24) is 10.0 Å². The second kappa shape index (κ2) is 5.37. The summed E-state index contributed by atoms with van der Waals surface area (Å²) in [6, 6.07) is 2.29. The van der Waals surface area contributed by atoms with Gasteiger partial charge in [-0.1, -0.05) is 0 Å². The summed E-state index contributed by atoms with van der Waals surface area (Å²) in [7, 11) is -3.97. The van der Waals surface area contributed by atoms with Gasteiger partial charge in [0.15, 0.2) is 0 Å². The Morgan fingerprint density at radius 1 is 1.35 bits per heavy atom. The molecule has 0 saturated carbocycles. The van der Waals surface area contributed by atoms with Crippen molar-refractivity contribution in [3.63, 3.8) is 0 Å². The van der Waals surface area contributed by atoms with Crippen molar-refractivity contribution >= 4 is 16.0 Å². The minimum Gasteiger partial charge on any atom is -0.507 e. The van der Waals surface area contributed by atoms with Crippen LogP contribution in [0.3, 0.4) is 0 Å². The van der Waals surface area contributed by atoms with Gasteiger partial charge in [0.05, 0.1) is 17.0 Å². The first-order valence-electron chi connectivity index (χ1n) is 5.78. The van der Waals surface area contributed by atoms with Crippen LogP contribution in [0.5, 0.6) is 5.75 Å². The Balaban J connectivity index is 2.30. The van der Waals surface area contributed by atoms with E-state index in [1.807, 2.05) is 0 Å². The summed E-state index contributed by atoms with van der Waals surface area (Å²) >= 11 is 0. The van der Waals surface area contributed by atoms with Crippen LogP contribution >= 0.6 is 0 Å². The van der Waals surface area contributed by atoms with Crippen molar-refractivity contribution in [2.75, 3.05) is 13.1 Å². The Kier molecular flexibility index (Phi) is 3.95. The number of carboxylic acid groups (broad SMARTS) is 1. The number of rotatable bonds is 4. The lowest BCUT2D eigenvalue weighted by Crippen LogP contribution is -2.42. The molecule has 1 aliphatic heterocycles. The van der Waals surface area contributed by atoms with Gasteiger partial charge in [-0.05, 0) is 18.2 Å². The molecule has 0 amide bonds. The van der Waals surface area contributed by atoms with Gasteiger partial charge in [0.2, 0.25) is 10.0 Å². The molecule has 0 aromatic heterocycles. The quantitative estimate of drug-likeness (QED) is 0.466. The Bertz CT molecular complexity index is 630. The molecule has 9 heteroatoms. The highest BCUT2D eigenvalue weighted by Gasteiger charge is 2.30. The van der Waals surface area contributed by atoms with Gasteiger partial charge in [-0.2, -0.15) is 0 Å². The molecular formula is C11H14N2O6S. The number of β-amino-alcohol motifs (C(OH)–C–C–N with tert-alkyl or cyclic N) is 1. The summed E-state index contributed by atoms with van der Waals surface area (Å²) in [5.74, 6) is -1.94. The van der Waals surface area contributed by atoms with Crippen molar-refractivity contribution in [2.24, 2.45) is 0 Å². The van der Waals surface area contributed by atoms with E-state index in [-0.39, 0.29) is 18.0 Å². The molecule has 0 spiro atoms. The molecule has 2 atom stereocenters. The monoisotopic (exact) mass is 302 g/mol. The van der Waals surface area contributed by atoms with Crippen molar-refractivity contribution in [2.45, 2.75) is 17.0 Å². The molecule has 1 aromatic rings. The number of sulfonamides is 1. The third kappa shape index (κ3) is 2.90. The molecule has 0 radical (unpaired) electrons. The van der Waals surface area contributed by atoms with Crippen LogP contribution in [-0.4, -0.2) is 54.9 Å². The second-order valence-corrected chi connectivity index (χ2v) is 6.15. The molecule has 1 aliphatic rings. The number of aromatic carboxylic acids is 1. The molecule has 8 nitrogen and oxygen atoms in total. The number of aliphatic hydroxyl groups excluding tert-OH is 1. The average Bonchev–Trinajstić information content (AvgIpc) is 2.74. The Morgan fingerprint density at radius 2 is 2.05 bits per heavy atom. The zero-order valence-electron chi connectivity index (χ0n) is 10.3. The smallest absolute Gasteiger partial charge is 0.339 e. The standard InChI is InChI=1S/C11H14N2O6S/c14-9-2-1-6(3-7(9)11(16)17)20(18,19)13-8-4-12-5-10(8)15/h1-3,8,10,12-15H,4-5H2,(H,16,17)/t8-,10-/m1/s1. The molecule has 0 unspecified atom stereocenters. The van der Waals surface area contributed by atoms with E-state index in [0.29, 0.717) is 0 Å². The summed E-state index contributed by atoms with van der Waals surface area (Å²) in [5.41, 5.74) is -0.502. The van der Waals surface area contributed by atoms with Crippen molar-refractivity contribution in [1.29, 1.82) is 0 Å². The molecule has 1 fully saturated rings. The molecule has 0 bridgehead atoms. The zero-order valence-corrected chi connectivity index (χ0v) is 11.1. The molecule has 1 heterocycles. The van der Waals surface area contributed by atoms with Gasteiger partial charge in [0.1, 0.15) is 11.3 Å². The fourth-order valence-corrected chi connectivity index (χ4v) is 3.20. The third-order valence-electron chi connectivity index (χ3n) is 3.00. The van der Waals surface area contributed by atoms with E-state index in [4.69, 9.17) is 5.11 Å². The van der Waals surface area contributed by atoms with Crippen LogP contribution in [0.15, 0.2) is 23.1 Å². The predicted octanol–water partition coefficient (Wildman–Crippen LogP) is -1.30. The summed E-state index contributed by atoms with van der Waals surface area (Å²) in [5, 5.41) is 30.6. The second-order valence-electron chi connectivity index (χ2n) is 4.44. The van der Waals surface area contributed by atoms with Gasteiger partial charge >= 0.3 is 5.97 Å². The van der Waals surface area contributed by atoms with E-state index < -0.39 is 39.5 Å². The van der Waals surface area contributed by atoms with Gasteiger partial charge in [-0.25, -0.2) is 17.9 Å². The fourth-order valence-electron chi connectivity index (χ4n) is 1.91. The lowest BCUT2D eigenvalue weighted by molar-refractivity contribution is 0.0693. The van der Waals surface area contributed by atoms with Gasteiger partial charge in [-0.15, -0.1) is 0 Å². The minimum absolute atomic E-state index is 0.281. The third-order valence-corrected chi connectivity index (χ3v) is 4.49. The van der Waals surface area contributed by atoms with Crippen molar-refractivity contribution < 1.29 is 28.5 Å². The summed E-state index contributed by atoms with van der Waals surface area (Å²) < 4.78 is 26.5. The van der Waals surface area contributed by atoms with Crippen LogP contribution < -0.4 is 10.0 Å². The Morgan fingerprint density at radius 3 is 2.60 bits per heavy atom. The van der Waals surface area contributed by atoms with Crippen LogP contribution in [0.4, 0.5) is 0 Å². The summed E-state index contributed by atoms with van der Waals surface area (Å²) in [6.07, 6.45) is -0.846. The SMILES string of the molecule is O=C(O)c1cc(S(=O)(=O)N[C@@H]2CNC[C@H]2O)ccc1O. The van der Waals surface area contributed by atoms with Crippen LogP contribution in [0, 0.1) is 0 Å². The molecular weight excluding hydrogens is 288 g/mol. The average molecular weight is 302 g/mol. The molecule has 20 heavy (non-hydrogen) atoms. The first kappa shape index (κ1) is 14.7. The number of aromatic hydroxyl groups is 1. The lowest BCUT2D eigenvalue weighted by atomic mass is 10.2. The normalized spacial score (nSPS) is 22.9. The molecule has 1 saturated heterocycles. The maximum Gasteiger partial charge on any atom is 0.339 e. The fraction of sp³-hybridized carbons (Fsp3) is 0.364. The number of hydrogen-bond donors (Lipinski definition) is 5. The summed E-state index contributed by atoms with van der Waals surface area (Å²) in [6.45, 7) is 0.563. The number of carboxylic acids is 1.